The van der Waals surface area contributed by atoms with E-state index in [0.717, 1.165) is 45.3 Å². The standard InChI is InChI=1S/C19H27N3O5/c23-18(6-5-15-3-2-12-26-13-15)27-14-16-7-10-21(11-8-16)19-17(22(24)25)4-1-9-20-19/h1,4,9,15-16H,2-3,5-8,10-14H2/t15-/m0/s1. The Morgan fingerprint density at radius 2 is 2.15 bits per heavy atom. The first-order chi connectivity index (χ1) is 13.1. The molecule has 3 rings (SSSR count). The summed E-state index contributed by atoms with van der Waals surface area (Å²) in [5.41, 5.74) is 0.0362. The zero-order valence-corrected chi connectivity index (χ0v) is 15.5. The molecule has 0 amide bonds. The number of nitro groups is 1. The van der Waals surface area contributed by atoms with Crippen LogP contribution in [0.1, 0.15) is 38.5 Å². The quantitative estimate of drug-likeness (QED) is 0.409. The van der Waals surface area contributed by atoms with Crippen LogP contribution in [0.2, 0.25) is 0 Å². The van der Waals surface area contributed by atoms with Gasteiger partial charge in [0.1, 0.15) is 0 Å². The van der Waals surface area contributed by atoms with Crippen molar-refractivity contribution in [1.82, 2.24) is 4.98 Å². The molecule has 1 aromatic heterocycles. The Morgan fingerprint density at radius 1 is 1.33 bits per heavy atom. The van der Waals surface area contributed by atoms with E-state index in [1.807, 2.05) is 4.90 Å². The van der Waals surface area contributed by atoms with Gasteiger partial charge in [-0.3, -0.25) is 14.9 Å². The maximum absolute atomic E-state index is 12.0. The summed E-state index contributed by atoms with van der Waals surface area (Å²) in [7, 11) is 0. The Bertz CT molecular complexity index is 640. The first kappa shape index (κ1) is 19.5. The van der Waals surface area contributed by atoms with E-state index in [4.69, 9.17) is 9.47 Å². The molecule has 148 valence electrons. The lowest BCUT2D eigenvalue weighted by Crippen LogP contribution is -2.36. The minimum atomic E-state index is -0.395. The van der Waals surface area contributed by atoms with Crippen LogP contribution in [-0.4, -0.2) is 48.8 Å². The van der Waals surface area contributed by atoms with Crippen molar-refractivity contribution in [1.29, 1.82) is 0 Å². The van der Waals surface area contributed by atoms with Gasteiger partial charge in [0.25, 0.3) is 0 Å². The number of anilines is 1. The largest absolute Gasteiger partial charge is 0.465 e. The van der Waals surface area contributed by atoms with Crippen molar-refractivity contribution in [3.63, 3.8) is 0 Å². The van der Waals surface area contributed by atoms with Crippen molar-refractivity contribution in [2.45, 2.75) is 38.5 Å². The summed E-state index contributed by atoms with van der Waals surface area (Å²) in [6.07, 6.45) is 6.73. The summed E-state index contributed by atoms with van der Waals surface area (Å²) >= 11 is 0. The van der Waals surface area contributed by atoms with E-state index in [1.54, 1.807) is 12.3 Å². The van der Waals surface area contributed by atoms with Gasteiger partial charge in [-0.2, -0.15) is 0 Å². The molecule has 2 fully saturated rings. The third-order valence-corrected chi connectivity index (χ3v) is 5.37. The molecule has 0 bridgehead atoms. The second-order valence-electron chi connectivity index (χ2n) is 7.34. The van der Waals surface area contributed by atoms with Crippen LogP contribution in [0.4, 0.5) is 11.5 Å². The smallest absolute Gasteiger partial charge is 0.311 e. The summed E-state index contributed by atoms with van der Waals surface area (Å²) < 4.78 is 10.9. The number of rotatable bonds is 7. The van der Waals surface area contributed by atoms with Gasteiger partial charge in [-0.25, -0.2) is 4.98 Å². The van der Waals surface area contributed by atoms with Gasteiger partial charge in [0.2, 0.25) is 5.82 Å². The molecule has 2 saturated heterocycles. The van der Waals surface area contributed by atoms with E-state index in [2.05, 4.69) is 4.98 Å². The van der Waals surface area contributed by atoms with Crippen molar-refractivity contribution in [3.8, 4) is 0 Å². The van der Waals surface area contributed by atoms with E-state index in [0.29, 0.717) is 43.8 Å². The van der Waals surface area contributed by atoms with Crippen LogP contribution in [0.15, 0.2) is 18.3 Å². The number of pyridine rings is 1. The lowest BCUT2D eigenvalue weighted by Gasteiger charge is -2.32. The fourth-order valence-corrected chi connectivity index (χ4v) is 3.73. The number of hydrogen-bond donors (Lipinski definition) is 0. The van der Waals surface area contributed by atoms with Gasteiger partial charge in [0.15, 0.2) is 0 Å². The number of carbonyl (C=O) groups is 1. The van der Waals surface area contributed by atoms with Crippen molar-refractivity contribution in [3.05, 3.63) is 28.4 Å². The summed E-state index contributed by atoms with van der Waals surface area (Å²) in [6.45, 7) is 3.38. The molecule has 0 N–H and O–H groups in total. The van der Waals surface area contributed by atoms with Crippen LogP contribution in [-0.2, 0) is 14.3 Å². The molecule has 0 unspecified atom stereocenters. The molecule has 0 radical (unpaired) electrons. The topological polar surface area (TPSA) is 94.8 Å². The molecule has 1 atom stereocenters. The monoisotopic (exact) mass is 377 g/mol. The zero-order valence-electron chi connectivity index (χ0n) is 15.5. The Morgan fingerprint density at radius 3 is 2.85 bits per heavy atom. The van der Waals surface area contributed by atoms with E-state index in [-0.39, 0.29) is 11.7 Å². The van der Waals surface area contributed by atoms with E-state index < -0.39 is 4.92 Å². The number of carbonyl (C=O) groups excluding carboxylic acids is 1. The first-order valence-corrected chi connectivity index (χ1v) is 9.71. The fraction of sp³-hybridized carbons (Fsp3) is 0.684. The van der Waals surface area contributed by atoms with E-state index in [9.17, 15) is 14.9 Å². The Hall–Kier alpha value is -2.22. The van der Waals surface area contributed by atoms with Crippen LogP contribution in [0.25, 0.3) is 0 Å². The first-order valence-electron chi connectivity index (χ1n) is 9.71. The average Bonchev–Trinajstić information content (AvgIpc) is 2.72. The molecular formula is C19H27N3O5. The third kappa shape index (κ3) is 5.63. The lowest BCUT2D eigenvalue weighted by molar-refractivity contribution is -0.384. The van der Waals surface area contributed by atoms with Crippen molar-refractivity contribution < 1.29 is 19.2 Å². The van der Waals surface area contributed by atoms with Gasteiger partial charge < -0.3 is 14.4 Å². The minimum Gasteiger partial charge on any atom is -0.465 e. The van der Waals surface area contributed by atoms with Crippen molar-refractivity contribution in [2.24, 2.45) is 11.8 Å². The molecule has 0 saturated carbocycles. The number of piperidine rings is 1. The summed E-state index contributed by atoms with van der Waals surface area (Å²) in [5, 5.41) is 11.2. The van der Waals surface area contributed by atoms with Gasteiger partial charge in [0, 0.05) is 45.0 Å². The van der Waals surface area contributed by atoms with Crippen LogP contribution in [0.5, 0.6) is 0 Å². The van der Waals surface area contributed by atoms with Gasteiger partial charge in [-0.15, -0.1) is 0 Å². The lowest BCUT2D eigenvalue weighted by atomic mass is 9.96. The highest BCUT2D eigenvalue weighted by atomic mass is 16.6. The van der Waals surface area contributed by atoms with Crippen molar-refractivity contribution >= 4 is 17.5 Å². The molecule has 3 heterocycles. The second-order valence-corrected chi connectivity index (χ2v) is 7.34. The molecule has 8 nitrogen and oxygen atoms in total. The number of aromatic nitrogens is 1. The molecule has 2 aliphatic rings. The van der Waals surface area contributed by atoms with Crippen LogP contribution in [0.3, 0.4) is 0 Å². The number of esters is 1. The molecule has 0 aliphatic carbocycles. The van der Waals surface area contributed by atoms with Gasteiger partial charge in [-0.05, 0) is 50.0 Å². The number of hydrogen-bond acceptors (Lipinski definition) is 7. The maximum atomic E-state index is 12.0. The molecule has 2 aliphatic heterocycles. The van der Waals surface area contributed by atoms with Gasteiger partial charge >= 0.3 is 11.7 Å². The van der Waals surface area contributed by atoms with E-state index >= 15 is 0 Å². The van der Waals surface area contributed by atoms with Crippen LogP contribution in [0, 0.1) is 22.0 Å². The second kappa shape index (κ2) is 9.64. The Balaban J connectivity index is 1.38. The molecule has 1 aromatic rings. The highest BCUT2D eigenvalue weighted by Crippen LogP contribution is 2.29. The summed E-state index contributed by atoms with van der Waals surface area (Å²) in [4.78, 5) is 28.9. The van der Waals surface area contributed by atoms with Gasteiger partial charge in [-0.1, -0.05) is 0 Å². The van der Waals surface area contributed by atoms with E-state index in [1.165, 1.54) is 6.07 Å². The highest BCUT2D eigenvalue weighted by molar-refractivity contribution is 5.69. The molecule has 27 heavy (non-hydrogen) atoms. The average molecular weight is 377 g/mol. The predicted octanol–water partition coefficient (Wildman–Crippen LogP) is 2.96. The fourth-order valence-electron chi connectivity index (χ4n) is 3.73. The highest BCUT2D eigenvalue weighted by Gasteiger charge is 2.26. The molecule has 0 spiro atoms. The number of ether oxygens (including phenoxy) is 2. The molecular weight excluding hydrogens is 350 g/mol. The third-order valence-electron chi connectivity index (χ3n) is 5.37. The van der Waals surface area contributed by atoms with Crippen molar-refractivity contribution in [2.75, 3.05) is 37.8 Å². The molecule has 0 aromatic carbocycles. The van der Waals surface area contributed by atoms with Crippen LogP contribution >= 0.6 is 0 Å². The summed E-state index contributed by atoms with van der Waals surface area (Å²) in [5.74, 6) is 1.06. The van der Waals surface area contributed by atoms with Crippen LogP contribution < -0.4 is 4.90 Å². The van der Waals surface area contributed by atoms with Gasteiger partial charge in [0.05, 0.1) is 11.5 Å². The predicted molar refractivity (Wildman–Crippen MR) is 99.6 cm³/mol. The molecule has 8 heteroatoms. The Kier molecular flexibility index (Phi) is 6.98. The maximum Gasteiger partial charge on any atom is 0.311 e. The number of nitrogens with zero attached hydrogens (tertiary/aromatic N) is 3. The summed E-state index contributed by atoms with van der Waals surface area (Å²) in [6, 6.07) is 3.06. The minimum absolute atomic E-state index is 0.0362. The normalized spacial score (nSPS) is 21.0. The SMILES string of the molecule is O=C(CC[C@@H]1CCCOC1)OCC1CCN(c2ncccc2[N+](=O)[O-])CC1. The zero-order chi connectivity index (χ0) is 19.1. The Labute approximate surface area is 159 Å².